The second kappa shape index (κ2) is 3.97. The van der Waals surface area contributed by atoms with Crippen molar-refractivity contribution in [3.8, 4) is 0 Å². The van der Waals surface area contributed by atoms with Crippen LogP contribution in [0.2, 0.25) is 0 Å². The van der Waals surface area contributed by atoms with Crippen LogP contribution in [-0.2, 0) is 0 Å². The SMILES string of the molecule is C=C(C)c1cc(C(C)C)ncc1S. The minimum atomic E-state index is 0.451. The topological polar surface area (TPSA) is 12.9 Å². The Morgan fingerprint density at radius 2 is 2.15 bits per heavy atom. The van der Waals surface area contributed by atoms with E-state index in [1.807, 2.05) is 6.92 Å². The third-order valence-corrected chi connectivity index (χ3v) is 2.31. The molecule has 1 heterocycles. The van der Waals surface area contributed by atoms with Gasteiger partial charge in [0.1, 0.15) is 0 Å². The van der Waals surface area contributed by atoms with Gasteiger partial charge >= 0.3 is 0 Å². The van der Waals surface area contributed by atoms with Gasteiger partial charge in [0, 0.05) is 16.8 Å². The maximum atomic E-state index is 4.33. The summed E-state index contributed by atoms with van der Waals surface area (Å²) in [6.07, 6.45) is 1.79. The van der Waals surface area contributed by atoms with Crippen LogP contribution in [0.5, 0.6) is 0 Å². The van der Waals surface area contributed by atoms with Crippen LogP contribution < -0.4 is 0 Å². The first kappa shape index (κ1) is 10.3. The molecule has 0 fully saturated rings. The van der Waals surface area contributed by atoms with Gasteiger partial charge in [-0.2, -0.15) is 0 Å². The molecule has 0 aliphatic carbocycles. The van der Waals surface area contributed by atoms with Crippen LogP contribution in [-0.4, -0.2) is 4.98 Å². The summed E-state index contributed by atoms with van der Waals surface area (Å²) in [7, 11) is 0. The Morgan fingerprint density at radius 1 is 1.54 bits per heavy atom. The smallest absolute Gasteiger partial charge is 0.0435 e. The molecular weight excluding hydrogens is 178 g/mol. The molecule has 0 aliphatic rings. The molecule has 13 heavy (non-hydrogen) atoms. The van der Waals surface area contributed by atoms with Crippen molar-refractivity contribution in [3.63, 3.8) is 0 Å². The van der Waals surface area contributed by atoms with E-state index in [-0.39, 0.29) is 0 Å². The third-order valence-electron chi connectivity index (χ3n) is 1.96. The van der Waals surface area contributed by atoms with E-state index in [2.05, 4.69) is 44.1 Å². The minimum absolute atomic E-state index is 0.451. The number of pyridine rings is 1. The van der Waals surface area contributed by atoms with Crippen molar-refractivity contribution in [2.45, 2.75) is 31.6 Å². The number of hydrogen-bond donors (Lipinski definition) is 1. The van der Waals surface area contributed by atoms with Gasteiger partial charge in [0.2, 0.25) is 0 Å². The van der Waals surface area contributed by atoms with Crippen molar-refractivity contribution in [1.29, 1.82) is 0 Å². The summed E-state index contributed by atoms with van der Waals surface area (Å²) in [6.45, 7) is 10.2. The van der Waals surface area contributed by atoms with E-state index >= 15 is 0 Å². The summed E-state index contributed by atoms with van der Waals surface area (Å²) in [5, 5.41) is 0. The fourth-order valence-electron chi connectivity index (χ4n) is 1.12. The van der Waals surface area contributed by atoms with Gasteiger partial charge < -0.3 is 0 Å². The van der Waals surface area contributed by atoms with Crippen LogP contribution in [0.15, 0.2) is 23.7 Å². The first-order chi connectivity index (χ1) is 6.02. The zero-order valence-electron chi connectivity index (χ0n) is 8.33. The number of allylic oxidation sites excluding steroid dienone is 1. The molecule has 0 saturated heterocycles. The van der Waals surface area contributed by atoms with Gasteiger partial charge in [-0.3, -0.25) is 4.98 Å². The van der Waals surface area contributed by atoms with Gasteiger partial charge in [0.25, 0.3) is 0 Å². The molecule has 0 aromatic carbocycles. The summed E-state index contributed by atoms with van der Waals surface area (Å²) in [6, 6.07) is 2.06. The molecule has 0 N–H and O–H groups in total. The lowest BCUT2D eigenvalue weighted by Gasteiger charge is -2.09. The normalized spacial score (nSPS) is 10.5. The Kier molecular flexibility index (Phi) is 3.15. The molecule has 0 aliphatic heterocycles. The van der Waals surface area contributed by atoms with Crippen LogP contribution in [0.25, 0.3) is 5.57 Å². The Hall–Kier alpha value is -0.760. The quantitative estimate of drug-likeness (QED) is 0.709. The van der Waals surface area contributed by atoms with Gasteiger partial charge in [0.05, 0.1) is 0 Å². The van der Waals surface area contributed by atoms with Gasteiger partial charge in [0.15, 0.2) is 0 Å². The summed E-state index contributed by atoms with van der Waals surface area (Å²) in [5.74, 6) is 0.451. The zero-order valence-corrected chi connectivity index (χ0v) is 9.23. The Labute approximate surface area is 85.3 Å². The Bertz CT molecular complexity index is 329. The lowest BCUT2D eigenvalue weighted by Crippen LogP contribution is -1.94. The lowest BCUT2D eigenvalue weighted by atomic mass is 10.0. The van der Waals surface area contributed by atoms with Gasteiger partial charge in [-0.25, -0.2) is 0 Å². The first-order valence-corrected chi connectivity index (χ1v) is 4.82. The van der Waals surface area contributed by atoms with E-state index in [0.29, 0.717) is 5.92 Å². The predicted molar refractivity (Wildman–Crippen MR) is 60.3 cm³/mol. The highest BCUT2D eigenvalue weighted by Gasteiger charge is 2.05. The molecule has 1 aromatic heterocycles. The monoisotopic (exact) mass is 193 g/mol. The zero-order chi connectivity index (χ0) is 10.0. The second-order valence-corrected chi connectivity index (χ2v) is 4.04. The number of thiol groups is 1. The average Bonchev–Trinajstić information content (AvgIpc) is 2.04. The minimum Gasteiger partial charge on any atom is -0.260 e. The molecule has 0 bridgehead atoms. The third kappa shape index (κ3) is 2.34. The number of hydrogen-bond acceptors (Lipinski definition) is 2. The molecule has 0 saturated carbocycles. The second-order valence-electron chi connectivity index (χ2n) is 3.56. The van der Waals surface area contributed by atoms with E-state index in [4.69, 9.17) is 0 Å². The van der Waals surface area contributed by atoms with Crippen LogP contribution in [0.4, 0.5) is 0 Å². The highest BCUT2D eigenvalue weighted by Crippen LogP contribution is 2.23. The molecule has 0 atom stereocenters. The molecule has 1 nitrogen and oxygen atoms in total. The van der Waals surface area contributed by atoms with E-state index in [1.165, 1.54) is 0 Å². The van der Waals surface area contributed by atoms with Crippen molar-refractivity contribution in [3.05, 3.63) is 30.1 Å². The van der Waals surface area contributed by atoms with E-state index in [0.717, 1.165) is 21.7 Å². The molecule has 1 aromatic rings. The number of nitrogens with zero attached hydrogens (tertiary/aromatic N) is 1. The first-order valence-electron chi connectivity index (χ1n) is 4.37. The Morgan fingerprint density at radius 3 is 2.62 bits per heavy atom. The van der Waals surface area contributed by atoms with Gasteiger partial charge in [-0.05, 0) is 30.0 Å². The van der Waals surface area contributed by atoms with Crippen molar-refractivity contribution in [1.82, 2.24) is 4.98 Å². The van der Waals surface area contributed by atoms with E-state index in [9.17, 15) is 0 Å². The van der Waals surface area contributed by atoms with Crippen LogP contribution >= 0.6 is 12.6 Å². The standard InChI is InChI=1S/C11H15NS/c1-7(2)9-5-10(8(3)4)12-6-11(9)13/h5-6,8,13H,1H2,2-4H3. The maximum absolute atomic E-state index is 4.33. The summed E-state index contributed by atoms with van der Waals surface area (Å²) in [4.78, 5) is 5.20. The fourth-order valence-corrected chi connectivity index (χ4v) is 1.44. The molecule has 70 valence electrons. The predicted octanol–water partition coefficient (Wildman–Crippen LogP) is 3.53. The average molecular weight is 193 g/mol. The number of rotatable bonds is 2. The van der Waals surface area contributed by atoms with E-state index in [1.54, 1.807) is 6.20 Å². The molecule has 0 radical (unpaired) electrons. The maximum Gasteiger partial charge on any atom is 0.0435 e. The largest absolute Gasteiger partial charge is 0.260 e. The highest BCUT2D eigenvalue weighted by molar-refractivity contribution is 7.80. The van der Waals surface area contributed by atoms with Crippen LogP contribution in [0.1, 0.15) is 37.9 Å². The molecule has 0 unspecified atom stereocenters. The summed E-state index contributed by atoms with van der Waals surface area (Å²) < 4.78 is 0. The number of aromatic nitrogens is 1. The summed E-state index contributed by atoms with van der Waals surface area (Å²) >= 11 is 4.33. The molecule has 0 amide bonds. The van der Waals surface area contributed by atoms with Crippen molar-refractivity contribution < 1.29 is 0 Å². The Balaban J connectivity index is 3.19. The molecule has 0 spiro atoms. The van der Waals surface area contributed by atoms with Crippen molar-refractivity contribution >= 4 is 18.2 Å². The molecule has 1 rings (SSSR count). The summed E-state index contributed by atoms with van der Waals surface area (Å²) in [5.41, 5.74) is 3.23. The van der Waals surface area contributed by atoms with Crippen molar-refractivity contribution in [2.75, 3.05) is 0 Å². The van der Waals surface area contributed by atoms with Gasteiger partial charge in [-0.1, -0.05) is 20.4 Å². The molecule has 2 heteroatoms. The van der Waals surface area contributed by atoms with Crippen molar-refractivity contribution in [2.24, 2.45) is 0 Å². The van der Waals surface area contributed by atoms with Crippen LogP contribution in [0, 0.1) is 0 Å². The van der Waals surface area contributed by atoms with Crippen LogP contribution in [0.3, 0.4) is 0 Å². The highest BCUT2D eigenvalue weighted by atomic mass is 32.1. The van der Waals surface area contributed by atoms with E-state index < -0.39 is 0 Å². The van der Waals surface area contributed by atoms with Gasteiger partial charge in [-0.15, -0.1) is 12.6 Å². The molecular formula is C11H15NS. The fraction of sp³-hybridized carbons (Fsp3) is 0.364. The lowest BCUT2D eigenvalue weighted by molar-refractivity contribution is 0.817.